The van der Waals surface area contributed by atoms with Crippen LogP contribution in [0.2, 0.25) is 0 Å². The predicted octanol–water partition coefficient (Wildman–Crippen LogP) is 7.05. The van der Waals surface area contributed by atoms with Crippen LogP contribution in [0.4, 0.5) is 5.69 Å². The molecule has 4 nitrogen and oxygen atoms in total. The number of halogens is 1. The Balaban J connectivity index is 1.69. The number of nitrogens with zero attached hydrogens (tertiary/aromatic N) is 3. The van der Waals surface area contributed by atoms with Gasteiger partial charge in [0, 0.05) is 33.4 Å². The summed E-state index contributed by atoms with van der Waals surface area (Å²) < 4.78 is 3.39. The van der Waals surface area contributed by atoms with Crippen LogP contribution in [0.5, 0.6) is 0 Å². The smallest absolute Gasteiger partial charge is 0.174 e. The summed E-state index contributed by atoms with van der Waals surface area (Å²) in [5, 5.41) is 4.28. The third-order valence-corrected chi connectivity index (χ3v) is 7.30. The maximum absolute atomic E-state index is 5.89. The van der Waals surface area contributed by atoms with Gasteiger partial charge in [-0.25, -0.2) is 0 Å². The average Bonchev–Trinajstić information content (AvgIpc) is 3.29. The zero-order valence-corrected chi connectivity index (χ0v) is 22.1. The van der Waals surface area contributed by atoms with E-state index in [0.29, 0.717) is 5.11 Å². The van der Waals surface area contributed by atoms with Crippen LogP contribution in [0, 0.1) is 27.7 Å². The number of hydrogen-bond acceptors (Lipinski definition) is 2. The first-order chi connectivity index (χ1) is 16.3. The van der Waals surface area contributed by atoms with E-state index < -0.39 is 0 Å². The topological polar surface area (TPSA) is 33.1 Å². The first kappa shape index (κ1) is 22.8. The number of anilines is 1. The van der Waals surface area contributed by atoms with Gasteiger partial charge in [-0.3, -0.25) is 4.98 Å². The maximum atomic E-state index is 5.89. The first-order valence-electron chi connectivity index (χ1n) is 11.4. The third-order valence-electron chi connectivity index (χ3n) is 6.46. The van der Waals surface area contributed by atoms with Crippen molar-refractivity contribution in [2.45, 2.75) is 39.8 Å². The molecule has 6 heteroatoms. The molecule has 172 valence electrons. The summed E-state index contributed by atoms with van der Waals surface area (Å²) in [5.74, 6) is 0. The highest BCUT2D eigenvalue weighted by atomic mass is 79.9. The zero-order valence-electron chi connectivity index (χ0n) is 19.7. The second kappa shape index (κ2) is 9.01. The van der Waals surface area contributed by atoms with Crippen LogP contribution in [-0.4, -0.2) is 14.7 Å². The van der Waals surface area contributed by atoms with Gasteiger partial charge in [0.15, 0.2) is 5.11 Å². The van der Waals surface area contributed by atoms with Gasteiger partial charge in [0.2, 0.25) is 0 Å². The van der Waals surface area contributed by atoms with E-state index in [-0.39, 0.29) is 12.1 Å². The maximum Gasteiger partial charge on any atom is 0.174 e. The standard InChI is InChI=1S/C28H27BrN4S/c1-17-13-18(2)15-23(14-17)32-19(3)16-24(20(32)4)27-26(25-7-5-6-12-30-25)31-28(34)33(27)22-10-8-21(29)9-11-22/h5-16,26-27H,1-4H3,(H,31,34)/t26-,27+/m0/s1. The van der Waals surface area contributed by atoms with Gasteiger partial charge < -0.3 is 14.8 Å². The number of aryl methyl sites for hydroxylation is 3. The summed E-state index contributed by atoms with van der Waals surface area (Å²) in [6, 6.07) is 23.3. The fraction of sp³-hybridized carbons (Fsp3) is 0.214. The molecule has 0 aliphatic carbocycles. The molecule has 0 amide bonds. The molecule has 0 spiro atoms. The van der Waals surface area contributed by atoms with Crippen molar-refractivity contribution in [3.05, 3.63) is 111 Å². The van der Waals surface area contributed by atoms with Crippen molar-refractivity contribution in [1.82, 2.24) is 14.9 Å². The number of pyridine rings is 1. The van der Waals surface area contributed by atoms with Crippen molar-refractivity contribution >= 4 is 38.9 Å². The predicted molar refractivity (Wildman–Crippen MR) is 147 cm³/mol. The largest absolute Gasteiger partial charge is 0.351 e. The Hall–Kier alpha value is -2.96. The number of aromatic nitrogens is 2. The summed E-state index contributed by atoms with van der Waals surface area (Å²) in [6.45, 7) is 8.68. The van der Waals surface area contributed by atoms with Gasteiger partial charge in [-0.05, 0) is 111 Å². The monoisotopic (exact) mass is 530 g/mol. The highest BCUT2D eigenvalue weighted by Crippen LogP contribution is 2.44. The minimum atomic E-state index is -0.0643. The second-order valence-corrected chi connectivity index (χ2v) is 10.3. The Labute approximate surface area is 214 Å². The van der Waals surface area contributed by atoms with Gasteiger partial charge >= 0.3 is 0 Å². The van der Waals surface area contributed by atoms with Crippen LogP contribution in [-0.2, 0) is 0 Å². The minimum absolute atomic E-state index is 0.0329. The van der Waals surface area contributed by atoms with Crippen LogP contribution in [0.1, 0.15) is 45.9 Å². The number of rotatable bonds is 4. The number of nitrogens with one attached hydrogen (secondary N) is 1. The molecule has 1 aliphatic heterocycles. The molecule has 3 heterocycles. The SMILES string of the molecule is Cc1cc(C)cc(-n2c(C)cc([C@@H]3[C@H](c4ccccn4)NC(=S)N3c3ccc(Br)cc3)c2C)c1. The van der Waals surface area contributed by atoms with E-state index in [0.717, 1.165) is 15.9 Å². The molecule has 2 aromatic heterocycles. The van der Waals surface area contributed by atoms with Gasteiger partial charge in [-0.15, -0.1) is 0 Å². The molecule has 2 aromatic carbocycles. The Kier molecular flexibility index (Phi) is 6.04. The lowest BCUT2D eigenvalue weighted by molar-refractivity contribution is 0.565. The molecule has 1 fully saturated rings. The zero-order chi connectivity index (χ0) is 24.0. The van der Waals surface area contributed by atoms with E-state index in [2.05, 4.69) is 113 Å². The number of thiocarbonyl (C=S) groups is 1. The number of hydrogen-bond donors (Lipinski definition) is 1. The summed E-state index contributed by atoms with van der Waals surface area (Å²) in [6.07, 6.45) is 1.85. The molecular weight excluding hydrogens is 504 g/mol. The molecule has 2 atom stereocenters. The first-order valence-corrected chi connectivity index (χ1v) is 12.6. The highest BCUT2D eigenvalue weighted by molar-refractivity contribution is 9.10. The van der Waals surface area contributed by atoms with Gasteiger partial charge in [-0.1, -0.05) is 28.1 Å². The van der Waals surface area contributed by atoms with Gasteiger partial charge in [-0.2, -0.15) is 0 Å². The molecule has 4 aromatic rings. The van der Waals surface area contributed by atoms with Crippen molar-refractivity contribution in [2.24, 2.45) is 0 Å². The summed E-state index contributed by atoms with van der Waals surface area (Å²) in [7, 11) is 0. The lowest BCUT2D eigenvalue weighted by atomic mass is 9.96. The quantitative estimate of drug-likeness (QED) is 0.286. The Morgan fingerprint density at radius 1 is 0.882 bits per heavy atom. The normalized spacial score (nSPS) is 17.8. The fourth-order valence-electron chi connectivity index (χ4n) is 5.11. The summed E-state index contributed by atoms with van der Waals surface area (Å²) in [4.78, 5) is 6.92. The highest BCUT2D eigenvalue weighted by Gasteiger charge is 2.42. The van der Waals surface area contributed by atoms with E-state index in [1.54, 1.807) is 0 Å². The van der Waals surface area contributed by atoms with E-state index in [1.807, 2.05) is 18.3 Å². The summed E-state index contributed by atoms with van der Waals surface area (Å²) >= 11 is 9.45. The van der Waals surface area contributed by atoms with E-state index >= 15 is 0 Å². The van der Waals surface area contributed by atoms with Crippen molar-refractivity contribution in [1.29, 1.82) is 0 Å². The Bertz CT molecular complexity index is 1340. The molecule has 0 bridgehead atoms. The molecule has 0 saturated carbocycles. The van der Waals surface area contributed by atoms with Crippen molar-refractivity contribution in [3.8, 4) is 5.69 Å². The van der Waals surface area contributed by atoms with Crippen LogP contribution in [0.25, 0.3) is 5.69 Å². The van der Waals surface area contributed by atoms with E-state index in [4.69, 9.17) is 17.2 Å². The van der Waals surface area contributed by atoms with Gasteiger partial charge in [0.1, 0.15) is 0 Å². The van der Waals surface area contributed by atoms with Crippen LogP contribution < -0.4 is 10.2 Å². The Morgan fingerprint density at radius 3 is 2.24 bits per heavy atom. The average molecular weight is 532 g/mol. The minimum Gasteiger partial charge on any atom is -0.351 e. The second-order valence-electron chi connectivity index (χ2n) is 8.98. The molecule has 0 radical (unpaired) electrons. The fourth-order valence-corrected chi connectivity index (χ4v) is 5.73. The number of benzene rings is 2. The molecule has 34 heavy (non-hydrogen) atoms. The van der Waals surface area contributed by atoms with Gasteiger partial charge in [0.25, 0.3) is 0 Å². The molecule has 1 aliphatic rings. The van der Waals surface area contributed by atoms with E-state index in [1.165, 1.54) is 33.8 Å². The van der Waals surface area contributed by atoms with Crippen molar-refractivity contribution in [3.63, 3.8) is 0 Å². The molecule has 1 N–H and O–H groups in total. The van der Waals surface area contributed by atoms with Crippen molar-refractivity contribution in [2.75, 3.05) is 4.90 Å². The Morgan fingerprint density at radius 2 is 1.59 bits per heavy atom. The van der Waals surface area contributed by atoms with Crippen LogP contribution in [0.15, 0.2) is 77.4 Å². The molecule has 5 rings (SSSR count). The molecule has 1 saturated heterocycles. The van der Waals surface area contributed by atoms with Crippen LogP contribution in [0.3, 0.4) is 0 Å². The lowest BCUT2D eigenvalue weighted by Crippen LogP contribution is -2.29. The third kappa shape index (κ3) is 4.05. The van der Waals surface area contributed by atoms with Crippen molar-refractivity contribution < 1.29 is 0 Å². The molecule has 0 unspecified atom stereocenters. The lowest BCUT2D eigenvalue weighted by Gasteiger charge is -2.28. The van der Waals surface area contributed by atoms with E-state index in [9.17, 15) is 0 Å². The van der Waals surface area contributed by atoms with Crippen LogP contribution >= 0.6 is 28.1 Å². The summed E-state index contributed by atoms with van der Waals surface area (Å²) in [5.41, 5.74) is 9.39. The molecular formula is C28H27BrN4S. The van der Waals surface area contributed by atoms with Gasteiger partial charge in [0.05, 0.1) is 17.8 Å².